The molecule has 1 N–H and O–H groups in total. The van der Waals surface area contributed by atoms with Gasteiger partial charge in [0.2, 0.25) is 0 Å². The van der Waals surface area contributed by atoms with Crippen molar-refractivity contribution in [2.45, 2.75) is 26.9 Å². The van der Waals surface area contributed by atoms with Gasteiger partial charge in [0.1, 0.15) is 0 Å². The van der Waals surface area contributed by atoms with Gasteiger partial charge in [-0.2, -0.15) is 0 Å². The average molecular weight is 176 g/mol. The summed E-state index contributed by atoms with van der Waals surface area (Å²) in [6.45, 7) is 5.79. The van der Waals surface area contributed by atoms with Crippen molar-refractivity contribution in [2.24, 2.45) is 0 Å². The molecule has 1 rings (SSSR count). The van der Waals surface area contributed by atoms with E-state index in [1.807, 2.05) is 25.1 Å². The van der Waals surface area contributed by atoms with Crippen LogP contribution < -0.4 is 0 Å². The molecule has 1 heteroatoms. The van der Waals surface area contributed by atoms with E-state index in [2.05, 4.69) is 19.1 Å². The fraction of sp³-hybridized carbons (Fsp3) is 0.333. The van der Waals surface area contributed by atoms with E-state index >= 15 is 0 Å². The van der Waals surface area contributed by atoms with Crippen molar-refractivity contribution in [2.75, 3.05) is 0 Å². The van der Waals surface area contributed by atoms with Crippen molar-refractivity contribution < 1.29 is 5.11 Å². The normalized spacial score (nSPS) is 14.3. The Morgan fingerprint density at radius 1 is 1.38 bits per heavy atom. The molecule has 0 spiro atoms. The summed E-state index contributed by atoms with van der Waals surface area (Å²) in [5.74, 6) is 0. The molecule has 0 aliphatic rings. The lowest BCUT2D eigenvalue weighted by Gasteiger charge is -2.05. The molecular weight excluding hydrogens is 160 g/mol. The molecule has 0 saturated carbocycles. The summed E-state index contributed by atoms with van der Waals surface area (Å²) < 4.78 is 0. The predicted octanol–water partition coefficient (Wildman–Crippen LogP) is 2.78. The summed E-state index contributed by atoms with van der Waals surface area (Å²) in [5.41, 5.74) is 3.41. The lowest BCUT2D eigenvalue weighted by atomic mass is 10.0. The Kier molecular flexibility index (Phi) is 3.26. The summed E-state index contributed by atoms with van der Waals surface area (Å²) >= 11 is 0. The van der Waals surface area contributed by atoms with Crippen molar-refractivity contribution in [1.82, 2.24) is 0 Å². The van der Waals surface area contributed by atoms with Gasteiger partial charge in [0.15, 0.2) is 0 Å². The quantitative estimate of drug-likeness (QED) is 0.734. The van der Waals surface area contributed by atoms with Crippen LogP contribution in [0.25, 0.3) is 6.08 Å². The first-order chi connectivity index (χ1) is 6.11. The minimum atomic E-state index is -0.361. The van der Waals surface area contributed by atoms with Crippen LogP contribution in [0.4, 0.5) is 0 Å². The molecular formula is C12H16O. The first kappa shape index (κ1) is 10.0. The van der Waals surface area contributed by atoms with Gasteiger partial charge in [0, 0.05) is 0 Å². The van der Waals surface area contributed by atoms with E-state index in [-0.39, 0.29) is 6.10 Å². The first-order valence-electron chi connectivity index (χ1n) is 4.53. The zero-order chi connectivity index (χ0) is 9.84. The van der Waals surface area contributed by atoms with Crippen LogP contribution in [0.3, 0.4) is 0 Å². The van der Waals surface area contributed by atoms with Crippen molar-refractivity contribution >= 4 is 6.08 Å². The number of aryl methyl sites for hydroxylation is 1. The highest BCUT2D eigenvalue weighted by Crippen LogP contribution is 2.13. The highest BCUT2D eigenvalue weighted by molar-refractivity contribution is 5.56. The van der Waals surface area contributed by atoms with Crippen molar-refractivity contribution in [3.63, 3.8) is 0 Å². The third kappa shape index (κ3) is 2.71. The van der Waals surface area contributed by atoms with Crippen LogP contribution in [-0.2, 0) is 0 Å². The highest BCUT2D eigenvalue weighted by Gasteiger charge is 1.99. The number of aliphatic hydroxyl groups excluding tert-OH is 1. The number of rotatable bonds is 2. The number of hydrogen-bond acceptors (Lipinski definition) is 1. The van der Waals surface area contributed by atoms with Crippen LogP contribution >= 0.6 is 0 Å². The molecule has 0 fully saturated rings. The van der Waals surface area contributed by atoms with Crippen LogP contribution in [0.2, 0.25) is 0 Å². The second-order valence-electron chi connectivity index (χ2n) is 3.42. The molecule has 0 aliphatic heterocycles. The fourth-order valence-corrected chi connectivity index (χ4v) is 1.11. The second kappa shape index (κ2) is 4.24. The van der Waals surface area contributed by atoms with E-state index in [1.54, 1.807) is 6.92 Å². The van der Waals surface area contributed by atoms with E-state index in [0.717, 1.165) is 5.57 Å². The second-order valence-corrected chi connectivity index (χ2v) is 3.42. The molecule has 1 nitrogen and oxygen atoms in total. The van der Waals surface area contributed by atoms with Gasteiger partial charge in [-0.1, -0.05) is 30.3 Å². The molecule has 0 heterocycles. The molecule has 1 atom stereocenters. The van der Waals surface area contributed by atoms with Gasteiger partial charge in [0.25, 0.3) is 0 Å². The maximum atomic E-state index is 9.30. The lowest BCUT2D eigenvalue weighted by Crippen LogP contribution is -2.00. The standard InChI is InChI=1S/C12H16O/c1-9-6-4-5-7-12(9)8-10(2)11(3)13/h4-8,11,13H,1-3H3/b10-8+. The monoisotopic (exact) mass is 176 g/mol. The first-order valence-corrected chi connectivity index (χ1v) is 4.53. The van der Waals surface area contributed by atoms with Gasteiger partial charge in [-0.05, 0) is 37.5 Å². The average Bonchev–Trinajstić information content (AvgIpc) is 2.08. The summed E-state index contributed by atoms with van der Waals surface area (Å²) in [4.78, 5) is 0. The smallest absolute Gasteiger partial charge is 0.0722 e. The molecule has 70 valence electrons. The zero-order valence-corrected chi connectivity index (χ0v) is 8.41. The van der Waals surface area contributed by atoms with Crippen LogP contribution in [0.15, 0.2) is 29.8 Å². The largest absolute Gasteiger partial charge is 0.389 e. The SMILES string of the molecule is C/C(=C\c1ccccc1C)C(C)O. The summed E-state index contributed by atoms with van der Waals surface area (Å²) in [6.07, 6.45) is 1.67. The third-order valence-corrected chi connectivity index (χ3v) is 2.23. The Morgan fingerprint density at radius 3 is 2.54 bits per heavy atom. The molecule has 1 unspecified atom stereocenters. The van der Waals surface area contributed by atoms with Crippen LogP contribution in [0, 0.1) is 6.92 Å². The Bertz CT molecular complexity index is 311. The van der Waals surface area contributed by atoms with Gasteiger partial charge >= 0.3 is 0 Å². The van der Waals surface area contributed by atoms with Crippen LogP contribution in [0.1, 0.15) is 25.0 Å². The van der Waals surface area contributed by atoms with Crippen molar-refractivity contribution in [3.8, 4) is 0 Å². The minimum Gasteiger partial charge on any atom is -0.389 e. The van der Waals surface area contributed by atoms with E-state index in [9.17, 15) is 5.11 Å². The van der Waals surface area contributed by atoms with Crippen LogP contribution in [-0.4, -0.2) is 11.2 Å². The van der Waals surface area contributed by atoms with E-state index in [1.165, 1.54) is 11.1 Å². The third-order valence-electron chi connectivity index (χ3n) is 2.23. The van der Waals surface area contributed by atoms with Gasteiger partial charge < -0.3 is 5.11 Å². The molecule has 1 aromatic carbocycles. The fourth-order valence-electron chi connectivity index (χ4n) is 1.11. The van der Waals surface area contributed by atoms with Crippen molar-refractivity contribution in [1.29, 1.82) is 0 Å². The Hall–Kier alpha value is -1.08. The molecule has 0 bridgehead atoms. The number of hydrogen-bond donors (Lipinski definition) is 1. The van der Waals surface area contributed by atoms with Gasteiger partial charge in [0.05, 0.1) is 6.10 Å². The predicted molar refractivity (Wildman–Crippen MR) is 56.5 cm³/mol. The Balaban J connectivity index is 2.97. The van der Waals surface area contributed by atoms with Crippen LogP contribution in [0.5, 0.6) is 0 Å². The van der Waals surface area contributed by atoms with E-state index in [4.69, 9.17) is 0 Å². The highest BCUT2D eigenvalue weighted by atomic mass is 16.3. The Labute approximate surface area is 79.7 Å². The molecule has 0 saturated heterocycles. The zero-order valence-electron chi connectivity index (χ0n) is 8.41. The molecule has 13 heavy (non-hydrogen) atoms. The summed E-state index contributed by atoms with van der Waals surface area (Å²) in [5, 5.41) is 9.30. The maximum Gasteiger partial charge on any atom is 0.0722 e. The molecule has 0 amide bonds. The van der Waals surface area contributed by atoms with Gasteiger partial charge in [-0.15, -0.1) is 0 Å². The topological polar surface area (TPSA) is 20.2 Å². The molecule has 0 aliphatic carbocycles. The summed E-state index contributed by atoms with van der Waals surface area (Å²) in [7, 11) is 0. The molecule has 1 aromatic rings. The number of benzene rings is 1. The van der Waals surface area contributed by atoms with E-state index < -0.39 is 0 Å². The maximum absolute atomic E-state index is 9.30. The minimum absolute atomic E-state index is 0.361. The van der Waals surface area contributed by atoms with Gasteiger partial charge in [-0.25, -0.2) is 0 Å². The van der Waals surface area contributed by atoms with Gasteiger partial charge in [-0.3, -0.25) is 0 Å². The number of aliphatic hydroxyl groups is 1. The molecule has 0 aromatic heterocycles. The molecule has 0 radical (unpaired) electrons. The lowest BCUT2D eigenvalue weighted by molar-refractivity contribution is 0.232. The van der Waals surface area contributed by atoms with Crippen molar-refractivity contribution in [3.05, 3.63) is 41.0 Å². The Morgan fingerprint density at radius 2 is 2.00 bits per heavy atom. The summed E-state index contributed by atoms with van der Waals surface area (Å²) in [6, 6.07) is 8.15. The van der Waals surface area contributed by atoms with E-state index in [0.29, 0.717) is 0 Å².